The van der Waals surface area contributed by atoms with Crippen LogP contribution in [0.15, 0.2) is 0 Å². The maximum Gasteiger partial charge on any atom is 0.334 e. The number of aryl methyl sites for hydroxylation is 2. The molecule has 0 unspecified atom stereocenters. The van der Waals surface area contributed by atoms with E-state index in [1.54, 1.807) is 11.7 Å². The molecule has 0 aliphatic heterocycles. The van der Waals surface area contributed by atoms with Gasteiger partial charge in [-0.1, -0.05) is 20.3 Å². The average Bonchev–Trinajstić information content (AvgIpc) is 2.71. The highest BCUT2D eigenvalue weighted by atomic mass is 16.6. The lowest BCUT2D eigenvalue weighted by atomic mass is 10.2. The minimum atomic E-state index is -0.377. The second-order valence-electron chi connectivity index (χ2n) is 4.42. The third kappa shape index (κ3) is 3.44. The fraction of sp³-hybridized carbons (Fsp3) is 0.750. The van der Waals surface area contributed by atoms with Crippen LogP contribution in [-0.4, -0.2) is 39.5 Å². The lowest BCUT2D eigenvalue weighted by Gasteiger charge is -2.22. The van der Waals surface area contributed by atoms with Gasteiger partial charge < -0.3 is 10.0 Å². The molecule has 0 bridgehead atoms. The van der Waals surface area contributed by atoms with Crippen LogP contribution in [0.5, 0.6) is 0 Å². The summed E-state index contributed by atoms with van der Waals surface area (Å²) >= 11 is 0. The first-order chi connectivity index (χ1) is 9.06. The summed E-state index contributed by atoms with van der Waals surface area (Å²) in [6.45, 7) is 4.94. The van der Waals surface area contributed by atoms with Crippen LogP contribution in [0.3, 0.4) is 0 Å². The SMILES string of the molecule is CCCCN(CCO)c1c([N+](=O)[O-])c(CC)nn1C. The number of anilines is 1. The predicted octanol–water partition coefficient (Wildman–Crippen LogP) is 1.49. The van der Waals surface area contributed by atoms with Gasteiger partial charge in [-0.25, -0.2) is 4.68 Å². The van der Waals surface area contributed by atoms with E-state index < -0.39 is 0 Å². The van der Waals surface area contributed by atoms with Crippen LogP contribution < -0.4 is 4.90 Å². The van der Waals surface area contributed by atoms with Crippen LogP contribution >= 0.6 is 0 Å². The molecule has 1 rings (SSSR count). The van der Waals surface area contributed by atoms with E-state index in [9.17, 15) is 10.1 Å². The Labute approximate surface area is 113 Å². The molecular formula is C12H22N4O3. The minimum absolute atomic E-state index is 0.0342. The first-order valence-corrected chi connectivity index (χ1v) is 6.62. The lowest BCUT2D eigenvalue weighted by Crippen LogP contribution is -2.30. The molecule has 108 valence electrons. The number of aliphatic hydroxyl groups excluding tert-OH is 1. The van der Waals surface area contributed by atoms with Gasteiger partial charge in [0.05, 0.1) is 11.5 Å². The van der Waals surface area contributed by atoms with Crippen molar-refractivity contribution in [3.05, 3.63) is 15.8 Å². The van der Waals surface area contributed by atoms with Crippen LogP contribution in [0, 0.1) is 10.1 Å². The monoisotopic (exact) mass is 270 g/mol. The number of nitrogens with zero attached hydrogens (tertiary/aromatic N) is 4. The average molecular weight is 270 g/mol. The van der Waals surface area contributed by atoms with Crippen LogP contribution in [0.4, 0.5) is 11.5 Å². The van der Waals surface area contributed by atoms with Crippen LogP contribution in [0.25, 0.3) is 0 Å². The number of aromatic nitrogens is 2. The zero-order valence-corrected chi connectivity index (χ0v) is 11.8. The lowest BCUT2D eigenvalue weighted by molar-refractivity contribution is -0.384. The third-order valence-corrected chi connectivity index (χ3v) is 3.03. The molecule has 0 radical (unpaired) electrons. The van der Waals surface area contributed by atoms with E-state index in [1.807, 2.05) is 11.8 Å². The van der Waals surface area contributed by atoms with Gasteiger partial charge >= 0.3 is 5.69 Å². The van der Waals surface area contributed by atoms with Crippen molar-refractivity contribution < 1.29 is 10.0 Å². The summed E-state index contributed by atoms with van der Waals surface area (Å²) in [6.07, 6.45) is 2.43. The van der Waals surface area contributed by atoms with Gasteiger partial charge in [0.1, 0.15) is 5.69 Å². The summed E-state index contributed by atoms with van der Waals surface area (Å²) in [4.78, 5) is 12.7. The molecule has 1 aromatic heterocycles. The van der Waals surface area contributed by atoms with Crippen molar-refractivity contribution in [1.29, 1.82) is 0 Å². The maximum atomic E-state index is 11.3. The summed E-state index contributed by atoms with van der Waals surface area (Å²) in [7, 11) is 1.71. The summed E-state index contributed by atoms with van der Waals surface area (Å²) in [5.41, 5.74) is 0.552. The number of hydrogen-bond acceptors (Lipinski definition) is 5. The smallest absolute Gasteiger partial charge is 0.334 e. The van der Waals surface area contributed by atoms with Gasteiger partial charge in [0.15, 0.2) is 0 Å². The first kappa shape index (κ1) is 15.4. The van der Waals surface area contributed by atoms with Crippen LogP contribution in [0.2, 0.25) is 0 Å². The van der Waals surface area contributed by atoms with Gasteiger partial charge in [-0.3, -0.25) is 10.1 Å². The second-order valence-corrected chi connectivity index (χ2v) is 4.42. The molecule has 19 heavy (non-hydrogen) atoms. The number of hydrogen-bond donors (Lipinski definition) is 1. The molecule has 7 heteroatoms. The van der Waals surface area contributed by atoms with Crippen molar-refractivity contribution in [1.82, 2.24) is 9.78 Å². The minimum Gasteiger partial charge on any atom is -0.395 e. The summed E-state index contributed by atoms with van der Waals surface area (Å²) in [5, 5.41) is 24.6. The van der Waals surface area contributed by atoms with Crippen molar-refractivity contribution in [3.8, 4) is 0 Å². The third-order valence-electron chi connectivity index (χ3n) is 3.03. The van der Waals surface area contributed by atoms with E-state index in [0.717, 1.165) is 12.8 Å². The number of nitro groups is 1. The summed E-state index contributed by atoms with van der Waals surface area (Å²) in [6, 6.07) is 0. The zero-order valence-electron chi connectivity index (χ0n) is 11.8. The van der Waals surface area contributed by atoms with Crippen molar-refractivity contribution in [3.63, 3.8) is 0 Å². The van der Waals surface area contributed by atoms with Gasteiger partial charge in [-0.2, -0.15) is 5.10 Å². The van der Waals surface area contributed by atoms with Gasteiger partial charge in [-0.15, -0.1) is 0 Å². The normalized spacial score (nSPS) is 10.7. The molecule has 0 amide bonds. The molecule has 0 saturated carbocycles. The van der Waals surface area contributed by atoms with E-state index in [1.165, 1.54) is 0 Å². The van der Waals surface area contributed by atoms with Gasteiger partial charge in [0, 0.05) is 20.1 Å². The Kier molecular flexibility index (Phi) is 5.75. The number of rotatable bonds is 8. The Morgan fingerprint density at radius 3 is 2.58 bits per heavy atom. The van der Waals surface area contributed by atoms with E-state index in [2.05, 4.69) is 12.0 Å². The Hall–Kier alpha value is -1.63. The fourth-order valence-electron chi connectivity index (χ4n) is 2.13. The topological polar surface area (TPSA) is 84.4 Å². The molecular weight excluding hydrogens is 248 g/mol. The van der Waals surface area contributed by atoms with Crippen molar-refractivity contribution in [2.45, 2.75) is 33.1 Å². The van der Waals surface area contributed by atoms with Gasteiger partial charge in [0.25, 0.3) is 0 Å². The zero-order chi connectivity index (χ0) is 14.4. The molecule has 1 N–H and O–H groups in total. The summed E-state index contributed by atoms with van der Waals surface area (Å²) < 4.78 is 1.54. The first-order valence-electron chi connectivity index (χ1n) is 6.62. The van der Waals surface area contributed by atoms with E-state index in [4.69, 9.17) is 5.11 Å². The highest BCUT2D eigenvalue weighted by molar-refractivity contribution is 5.61. The Bertz CT molecular complexity index is 431. The Morgan fingerprint density at radius 2 is 2.11 bits per heavy atom. The standard InChI is InChI=1S/C12H22N4O3/c1-4-6-7-15(8-9-17)12-11(16(18)19)10(5-2)13-14(12)3/h17H,4-9H2,1-3H3. The van der Waals surface area contributed by atoms with Gasteiger partial charge in [0.2, 0.25) is 5.82 Å². The molecule has 0 spiro atoms. The van der Waals surface area contributed by atoms with Crippen molar-refractivity contribution in [2.24, 2.45) is 7.05 Å². The highest BCUT2D eigenvalue weighted by Crippen LogP contribution is 2.31. The molecule has 7 nitrogen and oxygen atoms in total. The summed E-state index contributed by atoms with van der Waals surface area (Å²) in [5.74, 6) is 0.490. The molecule has 0 aliphatic carbocycles. The second kappa shape index (κ2) is 7.08. The Balaban J connectivity index is 3.19. The highest BCUT2D eigenvalue weighted by Gasteiger charge is 2.29. The van der Waals surface area contributed by atoms with Gasteiger partial charge in [-0.05, 0) is 12.8 Å². The molecule has 0 aliphatic rings. The quantitative estimate of drug-likeness (QED) is 0.571. The molecule has 1 heterocycles. The number of aliphatic hydroxyl groups is 1. The van der Waals surface area contributed by atoms with E-state index in [0.29, 0.717) is 31.0 Å². The van der Waals surface area contributed by atoms with Crippen molar-refractivity contribution >= 4 is 11.5 Å². The predicted molar refractivity (Wildman–Crippen MR) is 73.4 cm³/mol. The molecule has 1 aromatic rings. The van der Waals surface area contributed by atoms with Crippen LogP contribution in [-0.2, 0) is 13.5 Å². The molecule has 0 atom stereocenters. The number of unbranched alkanes of at least 4 members (excludes halogenated alkanes) is 1. The molecule has 0 saturated heterocycles. The largest absolute Gasteiger partial charge is 0.395 e. The van der Waals surface area contributed by atoms with E-state index >= 15 is 0 Å². The van der Waals surface area contributed by atoms with Crippen molar-refractivity contribution in [2.75, 3.05) is 24.6 Å². The molecule has 0 fully saturated rings. The fourth-order valence-corrected chi connectivity index (χ4v) is 2.13. The molecule has 0 aromatic carbocycles. The maximum absolute atomic E-state index is 11.3. The Morgan fingerprint density at radius 1 is 1.42 bits per heavy atom. The van der Waals surface area contributed by atoms with E-state index in [-0.39, 0.29) is 17.2 Å². The van der Waals surface area contributed by atoms with Crippen LogP contribution in [0.1, 0.15) is 32.4 Å².